The summed E-state index contributed by atoms with van der Waals surface area (Å²) >= 11 is 0. The second-order valence-electron chi connectivity index (χ2n) is 5.09. The number of aliphatic hydroxyl groups excluding tert-OH is 2. The Morgan fingerprint density at radius 1 is 1.11 bits per heavy atom. The van der Waals surface area contributed by atoms with Crippen molar-refractivity contribution in [3.05, 3.63) is 0 Å². The van der Waals surface area contributed by atoms with Crippen LogP contribution >= 0.6 is 0 Å². The Hall–Kier alpha value is -0.940. The molecule has 0 aliphatic heterocycles. The Kier molecular flexibility index (Phi) is 6.29. The van der Waals surface area contributed by atoms with E-state index in [1.165, 1.54) is 0 Å². The van der Waals surface area contributed by atoms with Crippen LogP contribution in [-0.4, -0.2) is 39.8 Å². The van der Waals surface area contributed by atoms with Crippen LogP contribution in [0.3, 0.4) is 0 Å². The monoisotopic (exact) mass is 258 g/mol. The Morgan fingerprint density at radius 3 is 2.39 bits per heavy atom. The summed E-state index contributed by atoms with van der Waals surface area (Å²) in [7, 11) is 0. The normalized spacial score (nSPS) is 31.4. The van der Waals surface area contributed by atoms with Gasteiger partial charge in [0.25, 0.3) is 0 Å². The summed E-state index contributed by atoms with van der Waals surface area (Å²) < 4.78 is 0. The van der Waals surface area contributed by atoms with Crippen molar-refractivity contribution in [1.29, 1.82) is 0 Å². The maximum Gasteiger partial charge on any atom is 0.303 e. The van der Waals surface area contributed by atoms with E-state index in [1.54, 1.807) is 0 Å². The predicted molar refractivity (Wildman–Crippen MR) is 65.0 cm³/mol. The summed E-state index contributed by atoms with van der Waals surface area (Å²) in [5.41, 5.74) is 0. The average molecular weight is 258 g/mol. The van der Waals surface area contributed by atoms with Gasteiger partial charge in [-0.2, -0.15) is 0 Å². The van der Waals surface area contributed by atoms with Crippen LogP contribution in [0.5, 0.6) is 0 Å². The summed E-state index contributed by atoms with van der Waals surface area (Å²) in [4.78, 5) is 21.1. The second kappa shape index (κ2) is 7.48. The third-order valence-corrected chi connectivity index (χ3v) is 3.75. The van der Waals surface area contributed by atoms with E-state index in [9.17, 15) is 19.8 Å². The van der Waals surface area contributed by atoms with Gasteiger partial charge >= 0.3 is 5.97 Å². The summed E-state index contributed by atoms with van der Waals surface area (Å²) in [5, 5.41) is 27.8. The van der Waals surface area contributed by atoms with Gasteiger partial charge in [-0.15, -0.1) is 0 Å². The van der Waals surface area contributed by atoms with Crippen LogP contribution in [0, 0.1) is 11.8 Å². The molecule has 3 N–H and O–H groups in total. The van der Waals surface area contributed by atoms with Crippen molar-refractivity contribution in [3.8, 4) is 0 Å². The maximum absolute atomic E-state index is 10.8. The molecular weight excluding hydrogens is 236 g/mol. The minimum atomic E-state index is -0.773. The van der Waals surface area contributed by atoms with E-state index in [0.29, 0.717) is 12.8 Å². The van der Waals surface area contributed by atoms with Crippen LogP contribution in [-0.2, 0) is 9.59 Å². The summed E-state index contributed by atoms with van der Waals surface area (Å²) in [6.45, 7) is 0. The van der Waals surface area contributed by atoms with Gasteiger partial charge in [-0.25, -0.2) is 0 Å². The second-order valence-corrected chi connectivity index (χ2v) is 5.09. The lowest BCUT2D eigenvalue weighted by atomic mass is 9.89. The van der Waals surface area contributed by atoms with Crippen molar-refractivity contribution < 1.29 is 24.9 Å². The molecule has 2 unspecified atom stereocenters. The van der Waals surface area contributed by atoms with Crippen LogP contribution in [0.15, 0.2) is 0 Å². The van der Waals surface area contributed by atoms with Gasteiger partial charge in [0.15, 0.2) is 0 Å². The molecule has 1 aliphatic rings. The quantitative estimate of drug-likeness (QED) is 0.445. The first kappa shape index (κ1) is 15.1. The van der Waals surface area contributed by atoms with E-state index >= 15 is 0 Å². The maximum atomic E-state index is 10.8. The van der Waals surface area contributed by atoms with Crippen LogP contribution in [0.1, 0.15) is 44.9 Å². The summed E-state index contributed by atoms with van der Waals surface area (Å²) in [5.74, 6) is -1.36. The van der Waals surface area contributed by atoms with Crippen molar-refractivity contribution in [1.82, 2.24) is 0 Å². The molecule has 0 aromatic carbocycles. The van der Waals surface area contributed by atoms with E-state index in [0.717, 1.165) is 25.5 Å². The molecule has 0 bridgehead atoms. The molecule has 1 fully saturated rings. The largest absolute Gasteiger partial charge is 0.481 e. The van der Waals surface area contributed by atoms with E-state index < -0.39 is 24.1 Å². The molecule has 5 heteroatoms. The first-order chi connectivity index (χ1) is 8.56. The molecule has 0 aromatic heterocycles. The van der Waals surface area contributed by atoms with Crippen molar-refractivity contribution >= 4 is 12.3 Å². The lowest BCUT2D eigenvalue weighted by Gasteiger charge is -2.18. The number of carboxylic acids is 1. The van der Waals surface area contributed by atoms with Crippen LogP contribution in [0.2, 0.25) is 0 Å². The molecule has 4 atom stereocenters. The topological polar surface area (TPSA) is 94.8 Å². The van der Waals surface area contributed by atoms with Gasteiger partial charge in [-0.05, 0) is 18.8 Å². The number of hydrogen-bond acceptors (Lipinski definition) is 4. The molecule has 18 heavy (non-hydrogen) atoms. The van der Waals surface area contributed by atoms with E-state index in [2.05, 4.69) is 0 Å². The third-order valence-electron chi connectivity index (χ3n) is 3.75. The zero-order valence-corrected chi connectivity index (χ0v) is 10.5. The average Bonchev–Trinajstić information content (AvgIpc) is 2.57. The van der Waals surface area contributed by atoms with E-state index in [-0.39, 0.29) is 18.8 Å². The summed E-state index contributed by atoms with van der Waals surface area (Å²) in [6.07, 6.45) is 3.92. The fraction of sp³-hybridized carbons (Fsp3) is 0.846. The molecule has 0 spiro atoms. The standard InChI is InChI=1S/C13H22O5/c14-8-10-9(11(15)7-12(10)16)5-3-1-2-4-6-13(17)18/h8-12,15-16H,1-7H2,(H,17,18)/t9-,10-,11?,12?/m0/s1. The molecule has 0 aromatic rings. The van der Waals surface area contributed by atoms with Gasteiger partial charge in [0.1, 0.15) is 6.29 Å². The first-order valence-corrected chi connectivity index (χ1v) is 6.59. The van der Waals surface area contributed by atoms with Gasteiger partial charge < -0.3 is 20.1 Å². The fourth-order valence-corrected chi connectivity index (χ4v) is 2.71. The van der Waals surface area contributed by atoms with Crippen LogP contribution in [0.25, 0.3) is 0 Å². The van der Waals surface area contributed by atoms with Crippen molar-refractivity contribution in [2.75, 3.05) is 0 Å². The Bertz CT molecular complexity index is 279. The number of carbonyl (C=O) groups is 2. The molecular formula is C13H22O5. The van der Waals surface area contributed by atoms with Crippen LogP contribution in [0.4, 0.5) is 0 Å². The zero-order valence-electron chi connectivity index (χ0n) is 10.5. The highest BCUT2D eigenvalue weighted by molar-refractivity contribution is 5.66. The van der Waals surface area contributed by atoms with Gasteiger partial charge in [0.05, 0.1) is 12.2 Å². The number of aldehydes is 1. The van der Waals surface area contributed by atoms with Gasteiger partial charge in [0.2, 0.25) is 0 Å². The fourth-order valence-electron chi connectivity index (χ4n) is 2.71. The van der Waals surface area contributed by atoms with Crippen molar-refractivity contribution in [3.63, 3.8) is 0 Å². The van der Waals surface area contributed by atoms with Crippen LogP contribution < -0.4 is 0 Å². The highest BCUT2D eigenvalue weighted by Crippen LogP contribution is 2.34. The SMILES string of the molecule is O=C[C@@H]1C(O)CC(O)[C@H]1CCCCCCC(=O)O. The number of unbranched alkanes of at least 4 members (excludes halogenated alkanes) is 3. The van der Waals surface area contributed by atoms with Gasteiger partial charge in [0, 0.05) is 18.8 Å². The highest BCUT2D eigenvalue weighted by Gasteiger charge is 2.40. The molecule has 104 valence electrons. The molecule has 0 saturated heterocycles. The molecule has 1 rings (SSSR count). The molecule has 5 nitrogen and oxygen atoms in total. The highest BCUT2D eigenvalue weighted by atomic mass is 16.4. The Balaban J connectivity index is 2.18. The molecule has 1 saturated carbocycles. The first-order valence-electron chi connectivity index (χ1n) is 6.59. The minimum absolute atomic E-state index is 0.142. The minimum Gasteiger partial charge on any atom is -0.481 e. The number of carbonyl (C=O) groups excluding carboxylic acids is 1. The van der Waals surface area contributed by atoms with Gasteiger partial charge in [-0.3, -0.25) is 4.79 Å². The number of hydrogen-bond donors (Lipinski definition) is 3. The molecule has 0 heterocycles. The third kappa shape index (κ3) is 4.38. The van der Waals surface area contributed by atoms with Gasteiger partial charge in [-0.1, -0.05) is 19.3 Å². The van der Waals surface area contributed by atoms with Crippen molar-refractivity contribution in [2.45, 2.75) is 57.2 Å². The number of aliphatic carboxylic acids is 1. The Labute approximate surface area is 107 Å². The predicted octanol–water partition coefficient (Wildman–Crippen LogP) is 0.968. The molecule has 1 aliphatic carbocycles. The number of carboxylic acid groups (broad SMARTS) is 1. The zero-order chi connectivity index (χ0) is 13.5. The molecule has 0 amide bonds. The Morgan fingerprint density at radius 2 is 1.78 bits per heavy atom. The van der Waals surface area contributed by atoms with E-state index in [4.69, 9.17) is 5.11 Å². The lowest BCUT2D eigenvalue weighted by molar-refractivity contribution is -0.137. The van der Waals surface area contributed by atoms with E-state index in [1.807, 2.05) is 0 Å². The lowest BCUT2D eigenvalue weighted by Crippen LogP contribution is -2.23. The molecule has 0 radical (unpaired) electrons. The number of rotatable bonds is 8. The van der Waals surface area contributed by atoms with Crippen molar-refractivity contribution in [2.24, 2.45) is 11.8 Å². The number of aliphatic hydroxyl groups is 2. The summed E-state index contributed by atoms with van der Waals surface area (Å²) in [6, 6.07) is 0. The smallest absolute Gasteiger partial charge is 0.303 e.